The number of rotatable bonds is 4. The van der Waals surface area contributed by atoms with E-state index in [1.807, 2.05) is 6.92 Å². The Hall–Kier alpha value is -0.850. The first-order valence-corrected chi connectivity index (χ1v) is 5.13. The van der Waals surface area contributed by atoms with E-state index in [9.17, 15) is 0 Å². The maximum Gasteiger partial charge on any atom is 0.221 e. The summed E-state index contributed by atoms with van der Waals surface area (Å²) < 4.78 is 0. The number of aromatic nitrogens is 2. The predicted molar refractivity (Wildman–Crippen MR) is 55.0 cm³/mol. The maximum absolute atomic E-state index is 9.11. The van der Waals surface area contributed by atoms with E-state index in [0.29, 0.717) is 10.8 Å². The Morgan fingerprint density at radius 1 is 1.57 bits per heavy atom. The lowest BCUT2D eigenvalue weighted by Gasteiger charge is -2.06. The summed E-state index contributed by atoms with van der Waals surface area (Å²) in [6.45, 7) is 1.58. The van der Waals surface area contributed by atoms with Crippen LogP contribution >= 0.6 is 11.8 Å². The molecule has 0 bridgehead atoms. The molecule has 0 fully saturated rings. The zero-order valence-corrected chi connectivity index (χ0v) is 8.66. The minimum atomic E-state index is -0.725. The molecule has 0 radical (unpaired) electrons. The SMILES string of the molecule is Cc1cc(SCC(O)CO)nc(N)n1. The molecule has 14 heavy (non-hydrogen) atoms. The highest BCUT2D eigenvalue weighted by Gasteiger charge is 2.05. The van der Waals surface area contributed by atoms with E-state index in [1.165, 1.54) is 11.8 Å². The lowest BCUT2D eigenvalue weighted by atomic mass is 10.4. The Labute approximate surface area is 86.4 Å². The Morgan fingerprint density at radius 3 is 2.86 bits per heavy atom. The van der Waals surface area contributed by atoms with Crippen molar-refractivity contribution in [1.82, 2.24) is 9.97 Å². The predicted octanol–water partition coefficient (Wildman–Crippen LogP) is -0.187. The van der Waals surface area contributed by atoms with Crippen molar-refractivity contribution in [2.75, 3.05) is 18.1 Å². The van der Waals surface area contributed by atoms with Crippen molar-refractivity contribution in [3.63, 3.8) is 0 Å². The van der Waals surface area contributed by atoms with Crippen molar-refractivity contribution < 1.29 is 10.2 Å². The van der Waals surface area contributed by atoms with Crippen molar-refractivity contribution >= 4 is 17.7 Å². The quantitative estimate of drug-likeness (QED) is 0.476. The van der Waals surface area contributed by atoms with Gasteiger partial charge in [-0.3, -0.25) is 0 Å². The van der Waals surface area contributed by atoms with Gasteiger partial charge in [0.15, 0.2) is 0 Å². The molecule has 0 aliphatic rings. The Morgan fingerprint density at radius 2 is 2.29 bits per heavy atom. The van der Waals surface area contributed by atoms with Crippen molar-refractivity contribution in [1.29, 1.82) is 0 Å². The highest BCUT2D eigenvalue weighted by atomic mass is 32.2. The Balaban J connectivity index is 2.58. The van der Waals surface area contributed by atoms with E-state index in [4.69, 9.17) is 15.9 Å². The molecule has 0 aromatic carbocycles. The summed E-state index contributed by atoms with van der Waals surface area (Å²) in [5.41, 5.74) is 6.24. The van der Waals surface area contributed by atoms with Gasteiger partial charge in [0.25, 0.3) is 0 Å². The maximum atomic E-state index is 9.11. The van der Waals surface area contributed by atoms with Crippen molar-refractivity contribution in [2.45, 2.75) is 18.1 Å². The van der Waals surface area contributed by atoms with Gasteiger partial charge in [-0.1, -0.05) is 0 Å². The molecule has 0 aliphatic heterocycles. The zero-order chi connectivity index (χ0) is 10.6. The summed E-state index contributed by atoms with van der Waals surface area (Å²) in [5.74, 6) is 0.623. The fourth-order valence-electron chi connectivity index (χ4n) is 0.870. The van der Waals surface area contributed by atoms with Gasteiger partial charge in [0.2, 0.25) is 5.95 Å². The van der Waals surface area contributed by atoms with Gasteiger partial charge in [-0.05, 0) is 13.0 Å². The topological polar surface area (TPSA) is 92.3 Å². The lowest BCUT2D eigenvalue weighted by Crippen LogP contribution is -2.14. The largest absolute Gasteiger partial charge is 0.394 e. The molecule has 6 heteroatoms. The van der Waals surface area contributed by atoms with Crippen LogP contribution in [0.4, 0.5) is 5.95 Å². The zero-order valence-electron chi connectivity index (χ0n) is 7.84. The Kier molecular flexibility index (Phi) is 4.12. The van der Waals surface area contributed by atoms with Crippen LogP contribution in [-0.2, 0) is 0 Å². The summed E-state index contributed by atoms with van der Waals surface area (Å²) in [6.07, 6.45) is -0.725. The molecule has 4 N–H and O–H groups in total. The van der Waals surface area contributed by atoms with E-state index in [-0.39, 0.29) is 12.6 Å². The van der Waals surface area contributed by atoms with Gasteiger partial charge in [-0.2, -0.15) is 0 Å². The molecule has 1 aromatic heterocycles. The van der Waals surface area contributed by atoms with Gasteiger partial charge >= 0.3 is 0 Å². The molecule has 0 amide bonds. The van der Waals surface area contributed by atoms with Crippen LogP contribution in [0, 0.1) is 6.92 Å². The molecule has 1 unspecified atom stereocenters. The fourth-order valence-corrected chi connectivity index (χ4v) is 1.75. The minimum absolute atomic E-state index is 0.228. The number of thioether (sulfide) groups is 1. The lowest BCUT2D eigenvalue weighted by molar-refractivity contribution is 0.113. The first kappa shape index (κ1) is 11.2. The van der Waals surface area contributed by atoms with Gasteiger partial charge in [0, 0.05) is 11.4 Å². The van der Waals surface area contributed by atoms with Crippen LogP contribution in [0.25, 0.3) is 0 Å². The molecule has 78 valence electrons. The average molecular weight is 215 g/mol. The summed E-state index contributed by atoms with van der Waals surface area (Å²) in [6, 6.07) is 1.78. The number of aliphatic hydroxyl groups excluding tert-OH is 2. The van der Waals surface area contributed by atoms with E-state index < -0.39 is 6.10 Å². The smallest absolute Gasteiger partial charge is 0.221 e. The minimum Gasteiger partial charge on any atom is -0.394 e. The van der Waals surface area contributed by atoms with Gasteiger partial charge in [-0.15, -0.1) is 11.8 Å². The number of aryl methyl sites for hydroxylation is 1. The molecule has 5 nitrogen and oxygen atoms in total. The molecule has 1 atom stereocenters. The second-order valence-electron chi connectivity index (χ2n) is 2.85. The van der Waals surface area contributed by atoms with Crippen LogP contribution in [0.3, 0.4) is 0 Å². The molecule has 0 saturated heterocycles. The number of nitrogens with zero attached hydrogens (tertiary/aromatic N) is 2. The van der Waals surface area contributed by atoms with Gasteiger partial charge < -0.3 is 15.9 Å². The number of hydrogen-bond acceptors (Lipinski definition) is 6. The van der Waals surface area contributed by atoms with Crippen molar-refractivity contribution in [3.8, 4) is 0 Å². The third-order valence-electron chi connectivity index (χ3n) is 1.48. The van der Waals surface area contributed by atoms with Crippen LogP contribution in [0.15, 0.2) is 11.1 Å². The monoisotopic (exact) mass is 215 g/mol. The van der Waals surface area contributed by atoms with E-state index in [0.717, 1.165) is 5.69 Å². The third kappa shape index (κ3) is 3.49. The van der Waals surface area contributed by atoms with Gasteiger partial charge in [-0.25, -0.2) is 9.97 Å². The number of hydrogen-bond donors (Lipinski definition) is 3. The van der Waals surface area contributed by atoms with Crippen LogP contribution in [-0.4, -0.2) is 38.6 Å². The number of anilines is 1. The number of aliphatic hydroxyl groups is 2. The summed E-state index contributed by atoms with van der Waals surface area (Å²) in [4.78, 5) is 7.90. The van der Waals surface area contributed by atoms with Crippen molar-refractivity contribution in [2.24, 2.45) is 0 Å². The number of nitrogen functional groups attached to an aromatic ring is 1. The average Bonchev–Trinajstić information content (AvgIpc) is 2.12. The summed E-state index contributed by atoms with van der Waals surface area (Å²) in [7, 11) is 0. The normalized spacial score (nSPS) is 12.8. The summed E-state index contributed by atoms with van der Waals surface area (Å²) >= 11 is 1.34. The van der Waals surface area contributed by atoms with Crippen LogP contribution in [0.2, 0.25) is 0 Å². The van der Waals surface area contributed by atoms with Gasteiger partial charge in [0.1, 0.15) is 5.03 Å². The van der Waals surface area contributed by atoms with Gasteiger partial charge in [0.05, 0.1) is 12.7 Å². The standard InChI is InChI=1S/C8H13N3O2S/c1-5-2-7(11-8(9)10-5)14-4-6(13)3-12/h2,6,12-13H,3-4H2,1H3,(H2,9,10,11). The van der Waals surface area contributed by atoms with Crippen molar-refractivity contribution in [3.05, 3.63) is 11.8 Å². The second-order valence-corrected chi connectivity index (χ2v) is 3.89. The summed E-state index contributed by atoms with van der Waals surface area (Å²) in [5, 5.41) is 18.4. The van der Waals surface area contributed by atoms with Crippen LogP contribution in [0.5, 0.6) is 0 Å². The highest BCUT2D eigenvalue weighted by molar-refractivity contribution is 7.99. The molecule has 0 aliphatic carbocycles. The molecule has 1 heterocycles. The van der Waals surface area contributed by atoms with Crippen LogP contribution in [0.1, 0.15) is 5.69 Å². The van der Waals surface area contributed by atoms with Crippen LogP contribution < -0.4 is 5.73 Å². The second kappa shape index (κ2) is 5.14. The molecular formula is C8H13N3O2S. The molecule has 0 saturated carbocycles. The highest BCUT2D eigenvalue weighted by Crippen LogP contribution is 2.17. The molecule has 1 aromatic rings. The first-order chi connectivity index (χ1) is 6.61. The first-order valence-electron chi connectivity index (χ1n) is 4.14. The third-order valence-corrected chi connectivity index (χ3v) is 2.54. The molecule has 1 rings (SSSR count). The number of nitrogens with two attached hydrogens (primary N) is 1. The Bertz CT molecular complexity index is 288. The van der Waals surface area contributed by atoms with E-state index in [2.05, 4.69) is 9.97 Å². The molecule has 0 spiro atoms. The van der Waals surface area contributed by atoms with E-state index in [1.54, 1.807) is 6.07 Å². The molecular weight excluding hydrogens is 202 g/mol. The van der Waals surface area contributed by atoms with E-state index >= 15 is 0 Å². The fraction of sp³-hybridized carbons (Fsp3) is 0.500.